The first kappa shape index (κ1) is 23.8. The molecule has 0 fully saturated rings. The molecule has 0 radical (unpaired) electrons. The molecule has 2 amide bonds. The molecule has 0 saturated heterocycles. The normalized spacial score (nSPS) is 14.2. The van der Waals surface area contributed by atoms with E-state index in [1.54, 1.807) is 31.2 Å². The van der Waals surface area contributed by atoms with Gasteiger partial charge in [0, 0.05) is 5.69 Å². The Hall–Kier alpha value is -4.39. The largest absolute Gasteiger partial charge is 0.493 e. The minimum atomic E-state index is -0.276. The molecule has 0 spiro atoms. The Labute approximate surface area is 204 Å². The Kier molecular flexibility index (Phi) is 6.96. The molecule has 4 rings (SSSR count). The highest BCUT2D eigenvalue weighted by Crippen LogP contribution is 2.31. The zero-order valence-corrected chi connectivity index (χ0v) is 20.2. The molecule has 7 heteroatoms. The summed E-state index contributed by atoms with van der Waals surface area (Å²) in [4.78, 5) is 25.3. The molecular formula is C28H27N3O4. The minimum Gasteiger partial charge on any atom is -0.493 e. The fourth-order valence-corrected chi connectivity index (χ4v) is 3.66. The first-order valence-electron chi connectivity index (χ1n) is 11.2. The van der Waals surface area contributed by atoms with Crippen molar-refractivity contribution in [1.82, 2.24) is 0 Å². The highest BCUT2D eigenvalue weighted by Gasteiger charge is 2.28. The van der Waals surface area contributed by atoms with Crippen molar-refractivity contribution < 1.29 is 19.1 Å². The molecule has 35 heavy (non-hydrogen) atoms. The Bertz CT molecular complexity index is 1330. The van der Waals surface area contributed by atoms with Gasteiger partial charge in [-0.05, 0) is 74.4 Å². The van der Waals surface area contributed by atoms with Gasteiger partial charge in [0.25, 0.3) is 11.8 Å². The maximum Gasteiger partial charge on any atom is 0.280 e. The molecule has 0 aliphatic carbocycles. The maximum absolute atomic E-state index is 13.0. The van der Waals surface area contributed by atoms with Gasteiger partial charge in [-0.2, -0.15) is 10.1 Å². The van der Waals surface area contributed by atoms with Gasteiger partial charge in [-0.15, -0.1) is 0 Å². The Morgan fingerprint density at radius 2 is 1.74 bits per heavy atom. The Balaban J connectivity index is 1.46. The summed E-state index contributed by atoms with van der Waals surface area (Å²) in [5.74, 6) is 0.415. The van der Waals surface area contributed by atoms with Crippen molar-refractivity contribution in [3.05, 3.63) is 89.0 Å². The number of hydrazone groups is 1. The number of aryl methyl sites for hydroxylation is 2. The van der Waals surface area contributed by atoms with Gasteiger partial charge in [-0.3, -0.25) is 9.59 Å². The topological polar surface area (TPSA) is 80.2 Å². The number of carbonyl (C=O) groups excluding carboxylic acids is 2. The zero-order chi connectivity index (χ0) is 24.9. The number of methoxy groups -OCH3 is 1. The lowest BCUT2D eigenvalue weighted by Gasteiger charge is -2.13. The van der Waals surface area contributed by atoms with Crippen LogP contribution in [0.4, 0.5) is 11.4 Å². The molecule has 3 aromatic rings. The molecule has 0 saturated carbocycles. The average molecular weight is 470 g/mol. The van der Waals surface area contributed by atoms with Gasteiger partial charge in [0.05, 0.1) is 24.1 Å². The van der Waals surface area contributed by atoms with Crippen molar-refractivity contribution in [3.8, 4) is 11.5 Å². The summed E-state index contributed by atoms with van der Waals surface area (Å²) in [7, 11) is 1.53. The molecule has 178 valence electrons. The van der Waals surface area contributed by atoms with Crippen molar-refractivity contribution in [1.29, 1.82) is 0 Å². The van der Waals surface area contributed by atoms with E-state index in [4.69, 9.17) is 9.47 Å². The molecule has 0 unspecified atom stereocenters. The van der Waals surface area contributed by atoms with Gasteiger partial charge < -0.3 is 14.8 Å². The van der Waals surface area contributed by atoms with Gasteiger partial charge in [0.2, 0.25) is 0 Å². The highest BCUT2D eigenvalue weighted by atomic mass is 16.5. The van der Waals surface area contributed by atoms with E-state index in [9.17, 15) is 9.59 Å². The Morgan fingerprint density at radius 1 is 0.971 bits per heavy atom. The summed E-state index contributed by atoms with van der Waals surface area (Å²) in [5.41, 5.74) is 5.47. The molecule has 1 N–H and O–H groups in total. The van der Waals surface area contributed by atoms with E-state index < -0.39 is 0 Å². The number of anilines is 2. The van der Waals surface area contributed by atoms with E-state index in [1.165, 1.54) is 12.1 Å². The zero-order valence-electron chi connectivity index (χ0n) is 20.2. The lowest BCUT2D eigenvalue weighted by atomic mass is 10.1. The van der Waals surface area contributed by atoms with Crippen LogP contribution in [0.3, 0.4) is 0 Å². The van der Waals surface area contributed by atoms with Crippen LogP contribution in [0.5, 0.6) is 11.5 Å². The van der Waals surface area contributed by atoms with Crippen LogP contribution in [0.25, 0.3) is 6.08 Å². The van der Waals surface area contributed by atoms with E-state index >= 15 is 0 Å². The minimum absolute atomic E-state index is 0.166. The number of hydrogen-bond donors (Lipinski definition) is 1. The van der Waals surface area contributed by atoms with E-state index in [1.807, 2.05) is 62.4 Å². The van der Waals surface area contributed by atoms with Crippen molar-refractivity contribution in [2.75, 3.05) is 24.0 Å². The summed E-state index contributed by atoms with van der Waals surface area (Å²) in [6, 6.07) is 20.5. The molecule has 0 atom stereocenters. The van der Waals surface area contributed by atoms with Crippen LogP contribution in [-0.2, 0) is 9.59 Å². The second-order valence-electron chi connectivity index (χ2n) is 8.31. The highest BCUT2D eigenvalue weighted by molar-refractivity contribution is 6.32. The predicted molar refractivity (Wildman–Crippen MR) is 138 cm³/mol. The third-order valence-electron chi connectivity index (χ3n) is 5.50. The van der Waals surface area contributed by atoms with Crippen LogP contribution in [-0.4, -0.2) is 31.2 Å². The molecule has 3 aromatic carbocycles. The molecule has 1 aliphatic rings. The second-order valence-corrected chi connectivity index (χ2v) is 8.31. The summed E-state index contributed by atoms with van der Waals surface area (Å²) in [5, 5.41) is 8.65. The second kappa shape index (κ2) is 10.3. The first-order chi connectivity index (χ1) is 16.8. The summed E-state index contributed by atoms with van der Waals surface area (Å²) in [6.07, 6.45) is 1.77. The first-order valence-corrected chi connectivity index (χ1v) is 11.2. The van der Waals surface area contributed by atoms with Gasteiger partial charge in [0.1, 0.15) is 0 Å². The molecule has 7 nitrogen and oxygen atoms in total. The van der Waals surface area contributed by atoms with E-state index in [-0.39, 0.29) is 18.4 Å². The maximum atomic E-state index is 13.0. The quantitative estimate of drug-likeness (QED) is 0.486. The van der Waals surface area contributed by atoms with Crippen LogP contribution in [0.1, 0.15) is 23.6 Å². The molecule has 0 aromatic heterocycles. The van der Waals surface area contributed by atoms with Crippen molar-refractivity contribution in [3.63, 3.8) is 0 Å². The predicted octanol–water partition coefficient (Wildman–Crippen LogP) is 5.14. The number of nitrogens with zero attached hydrogens (tertiary/aromatic N) is 2. The third-order valence-corrected chi connectivity index (χ3v) is 5.50. The Morgan fingerprint density at radius 3 is 2.46 bits per heavy atom. The fraction of sp³-hybridized carbons (Fsp3) is 0.179. The number of amides is 2. The van der Waals surface area contributed by atoms with E-state index in [2.05, 4.69) is 10.4 Å². The monoisotopic (exact) mass is 469 g/mol. The van der Waals surface area contributed by atoms with Crippen LogP contribution in [0, 0.1) is 13.8 Å². The lowest BCUT2D eigenvalue weighted by molar-refractivity contribution is -0.118. The summed E-state index contributed by atoms with van der Waals surface area (Å²) < 4.78 is 11.1. The smallest absolute Gasteiger partial charge is 0.280 e. The van der Waals surface area contributed by atoms with Gasteiger partial charge in [0.15, 0.2) is 18.1 Å². The third kappa shape index (κ3) is 5.58. The van der Waals surface area contributed by atoms with Crippen LogP contribution in [0.2, 0.25) is 0 Å². The van der Waals surface area contributed by atoms with Gasteiger partial charge >= 0.3 is 0 Å². The number of rotatable bonds is 7. The van der Waals surface area contributed by atoms with Crippen molar-refractivity contribution in [2.45, 2.75) is 20.8 Å². The van der Waals surface area contributed by atoms with Crippen LogP contribution >= 0.6 is 0 Å². The molecule has 1 heterocycles. The van der Waals surface area contributed by atoms with E-state index in [0.717, 1.165) is 22.4 Å². The number of nitrogens with one attached hydrogen (secondary N) is 1. The number of carbonyl (C=O) groups is 2. The standard InChI is InChI=1S/C28H27N3O4/c1-18-8-11-22(12-9-18)29-27(32)17-35-25-13-10-21(16-26(25)34-4)15-24-20(3)30-31(28(24)33)23-7-5-6-19(2)14-23/h5-16H,17H2,1-4H3,(H,29,32). The van der Waals surface area contributed by atoms with E-state index in [0.29, 0.717) is 28.5 Å². The molecule has 0 bridgehead atoms. The van der Waals surface area contributed by atoms with Crippen molar-refractivity contribution in [2.24, 2.45) is 5.10 Å². The number of hydrogen-bond acceptors (Lipinski definition) is 5. The molecule has 1 aliphatic heterocycles. The van der Waals surface area contributed by atoms with Crippen LogP contribution < -0.4 is 19.8 Å². The molecular weight excluding hydrogens is 442 g/mol. The fourth-order valence-electron chi connectivity index (χ4n) is 3.66. The van der Waals surface area contributed by atoms with Gasteiger partial charge in [-0.1, -0.05) is 35.9 Å². The average Bonchev–Trinajstić information content (AvgIpc) is 3.13. The number of ether oxygens (including phenoxy) is 2. The summed E-state index contributed by atoms with van der Waals surface area (Å²) >= 11 is 0. The lowest BCUT2D eigenvalue weighted by Crippen LogP contribution is -2.21. The van der Waals surface area contributed by atoms with Gasteiger partial charge in [-0.25, -0.2) is 0 Å². The SMILES string of the molecule is COc1cc(C=C2C(=O)N(c3cccc(C)c3)N=C2C)ccc1OCC(=O)Nc1ccc(C)cc1. The summed E-state index contributed by atoms with van der Waals surface area (Å²) in [6.45, 7) is 5.60. The van der Waals surface area contributed by atoms with Crippen LogP contribution in [0.15, 0.2) is 77.4 Å². The van der Waals surface area contributed by atoms with Crippen molar-refractivity contribution >= 4 is 35.0 Å². The number of benzene rings is 3.